The molecule has 4 rings (SSSR count). The molecule has 0 unspecified atom stereocenters. The number of ether oxygens (including phenoxy) is 2. The largest absolute Gasteiger partial charge is 0.497 e. The second-order valence-corrected chi connectivity index (χ2v) is 7.10. The van der Waals surface area contributed by atoms with Gasteiger partial charge in [0.15, 0.2) is 12.5 Å². The molecule has 4 nitrogen and oxygen atoms in total. The zero-order chi connectivity index (χ0) is 20.2. The van der Waals surface area contributed by atoms with Crippen LogP contribution in [-0.4, -0.2) is 19.6 Å². The minimum absolute atomic E-state index is 0.0314. The summed E-state index contributed by atoms with van der Waals surface area (Å²) in [5.41, 5.74) is 4.95. The van der Waals surface area contributed by atoms with Crippen LogP contribution in [0.2, 0.25) is 0 Å². The molecule has 0 amide bonds. The van der Waals surface area contributed by atoms with Gasteiger partial charge in [0.1, 0.15) is 11.5 Å². The number of hydrogen-bond acceptors (Lipinski definition) is 4. The van der Waals surface area contributed by atoms with Gasteiger partial charge in [-0.15, -0.1) is 0 Å². The zero-order valence-electron chi connectivity index (χ0n) is 16.6. The summed E-state index contributed by atoms with van der Waals surface area (Å²) < 4.78 is 11.0. The normalized spacial score (nSPS) is 13.1. The van der Waals surface area contributed by atoms with E-state index in [0.717, 1.165) is 28.3 Å². The summed E-state index contributed by atoms with van der Waals surface area (Å²) in [6, 6.07) is 21.6. The van der Waals surface area contributed by atoms with Crippen LogP contribution in [0.4, 0.5) is 5.69 Å². The minimum atomic E-state index is -0.0314. The molecule has 4 heteroatoms. The van der Waals surface area contributed by atoms with Crippen LogP contribution in [0.3, 0.4) is 0 Å². The number of nitrogens with zero attached hydrogens (tertiary/aromatic N) is 1. The lowest BCUT2D eigenvalue weighted by molar-refractivity contribution is 0.104. The molecule has 0 saturated heterocycles. The molecule has 0 spiro atoms. The summed E-state index contributed by atoms with van der Waals surface area (Å²) in [5, 5.41) is 0. The molecule has 0 bridgehead atoms. The van der Waals surface area contributed by atoms with Gasteiger partial charge in [-0.2, -0.15) is 0 Å². The number of methoxy groups -OCH3 is 1. The lowest BCUT2D eigenvalue weighted by Crippen LogP contribution is -2.31. The molecule has 3 aromatic rings. The smallest absolute Gasteiger partial charge is 0.185 e. The van der Waals surface area contributed by atoms with Crippen molar-refractivity contribution >= 4 is 17.5 Å². The first-order chi connectivity index (χ1) is 14.1. The highest BCUT2D eigenvalue weighted by Crippen LogP contribution is 2.29. The second-order valence-electron chi connectivity index (χ2n) is 7.10. The monoisotopic (exact) mass is 385 g/mol. The number of carbonyl (C=O) groups excluding carboxylic acids is 1. The van der Waals surface area contributed by atoms with Crippen LogP contribution < -0.4 is 14.4 Å². The first kappa shape index (κ1) is 18.8. The van der Waals surface area contributed by atoms with Crippen molar-refractivity contribution in [2.45, 2.75) is 13.5 Å². The van der Waals surface area contributed by atoms with Crippen molar-refractivity contribution in [3.05, 3.63) is 95.1 Å². The van der Waals surface area contributed by atoms with E-state index in [0.29, 0.717) is 18.8 Å². The maximum atomic E-state index is 12.6. The second kappa shape index (κ2) is 8.23. The van der Waals surface area contributed by atoms with E-state index in [1.54, 1.807) is 13.2 Å². The first-order valence-corrected chi connectivity index (χ1v) is 9.56. The van der Waals surface area contributed by atoms with Crippen LogP contribution in [0.5, 0.6) is 11.5 Å². The molecule has 3 aromatic carbocycles. The van der Waals surface area contributed by atoms with Crippen LogP contribution in [0.25, 0.3) is 6.08 Å². The fourth-order valence-electron chi connectivity index (χ4n) is 3.30. The van der Waals surface area contributed by atoms with E-state index < -0.39 is 0 Å². The third-order valence-electron chi connectivity index (χ3n) is 5.02. The van der Waals surface area contributed by atoms with Gasteiger partial charge in [-0.05, 0) is 61.0 Å². The van der Waals surface area contributed by atoms with E-state index in [2.05, 4.69) is 36.1 Å². The number of ketones is 1. The summed E-state index contributed by atoms with van der Waals surface area (Å²) in [7, 11) is 1.63. The van der Waals surface area contributed by atoms with E-state index in [4.69, 9.17) is 9.47 Å². The van der Waals surface area contributed by atoms with Crippen molar-refractivity contribution in [1.82, 2.24) is 0 Å². The molecule has 1 heterocycles. The highest BCUT2D eigenvalue weighted by atomic mass is 16.5. The van der Waals surface area contributed by atoms with Gasteiger partial charge in [0.05, 0.1) is 7.11 Å². The summed E-state index contributed by atoms with van der Waals surface area (Å²) >= 11 is 0. The predicted molar refractivity (Wildman–Crippen MR) is 116 cm³/mol. The number of hydrogen-bond donors (Lipinski definition) is 0. The Balaban J connectivity index is 1.49. The fraction of sp³-hybridized carbons (Fsp3) is 0.160. The lowest BCUT2D eigenvalue weighted by Gasteiger charge is -2.31. The Morgan fingerprint density at radius 2 is 1.79 bits per heavy atom. The average molecular weight is 385 g/mol. The third-order valence-corrected chi connectivity index (χ3v) is 5.02. The van der Waals surface area contributed by atoms with Crippen LogP contribution in [0.15, 0.2) is 72.8 Å². The van der Waals surface area contributed by atoms with E-state index in [1.165, 1.54) is 5.56 Å². The van der Waals surface area contributed by atoms with Gasteiger partial charge in [0.25, 0.3) is 0 Å². The van der Waals surface area contributed by atoms with Gasteiger partial charge in [-0.25, -0.2) is 0 Å². The van der Waals surface area contributed by atoms with E-state index in [1.807, 2.05) is 48.5 Å². The molecule has 1 aliphatic rings. The Hall–Kier alpha value is -3.53. The maximum absolute atomic E-state index is 12.6. The minimum Gasteiger partial charge on any atom is -0.497 e. The van der Waals surface area contributed by atoms with Crippen molar-refractivity contribution in [3.63, 3.8) is 0 Å². The lowest BCUT2D eigenvalue weighted by atomic mass is 10.0. The third kappa shape index (κ3) is 4.32. The molecule has 0 radical (unpaired) electrons. The van der Waals surface area contributed by atoms with Gasteiger partial charge in [-0.3, -0.25) is 4.79 Å². The number of rotatable bonds is 5. The quantitative estimate of drug-likeness (QED) is 0.444. The predicted octanol–water partition coefficient (Wildman–Crippen LogP) is 5.26. The van der Waals surface area contributed by atoms with Gasteiger partial charge in [0, 0.05) is 23.4 Å². The van der Waals surface area contributed by atoms with Crippen LogP contribution in [0, 0.1) is 6.92 Å². The van der Waals surface area contributed by atoms with Crippen LogP contribution in [-0.2, 0) is 6.54 Å². The Bertz CT molecular complexity index is 1040. The molecular formula is C25H23NO3. The van der Waals surface area contributed by atoms with Crippen LogP contribution >= 0.6 is 0 Å². The molecule has 29 heavy (non-hydrogen) atoms. The average Bonchev–Trinajstić information content (AvgIpc) is 2.77. The molecule has 0 N–H and O–H groups in total. The van der Waals surface area contributed by atoms with Crippen LogP contribution in [0.1, 0.15) is 27.0 Å². The number of anilines is 1. The number of carbonyl (C=O) groups is 1. The fourth-order valence-corrected chi connectivity index (χ4v) is 3.30. The van der Waals surface area contributed by atoms with Crippen molar-refractivity contribution in [2.75, 3.05) is 18.7 Å². The Morgan fingerprint density at radius 3 is 2.52 bits per heavy atom. The van der Waals surface area contributed by atoms with Crippen molar-refractivity contribution in [2.24, 2.45) is 0 Å². The molecular weight excluding hydrogens is 362 g/mol. The topological polar surface area (TPSA) is 38.8 Å². The highest BCUT2D eigenvalue weighted by Gasteiger charge is 2.19. The Kier molecular flexibility index (Phi) is 5.34. The SMILES string of the molecule is COc1ccc(/C=C/C(=O)c2ccc3c(c2)CN(c2ccc(C)cc2)CO3)cc1. The van der Waals surface area contributed by atoms with Crippen molar-refractivity contribution in [3.8, 4) is 11.5 Å². The molecule has 0 fully saturated rings. The van der Waals surface area contributed by atoms with Crippen molar-refractivity contribution in [1.29, 1.82) is 0 Å². The van der Waals surface area contributed by atoms with Gasteiger partial charge >= 0.3 is 0 Å². The van der Waals surface area contributed by atoms with Gasteiger partial charge in [-0.1, -0.05) is 35.9 Å². The number of benzene rings is 3. The van der Waals surface area contributed by atoms with Gasteiger partial charge in [0.2, 0.25) is 0 Å². The summed E-state index contributed by atoms with van der Waals surface area (Å²) in [5.74, 6) is 1.60. The molecule has 146 valence electrons. The Labute approximate surface area is 171 Å². The molecule has 1 aliphatic heterocycles. The summed E-state index contributed by atoms with van der Waals surface area (Å²) in [6.45, 7) is 3.28. The summed E-state index contributed by atoms with van der Waals surface area (Å²) in [4.78, 5) is 14.8. The first-order valence-electron chi connectivity index (χ1n) is 9.56. The molecule has 0 saturated carbocycles. The number of aryl methyl sites for hydroxylation is 1. The Morgan fingerprint density at radius 1 is 1.03 bits per heavy atom. The van der Waals surface area contributed by atoms with Gasteiger partial charge < -0.3 is 14.4 Å². The molecule has 0 aromatic heterocycles. The van der Waals surface area contributed by atoms with E-state index in [-0.39, 0.29) is 5.78 Å². The van der Waals surface area contributed by atoms with Crippen molar-refractivity contribution < 1.29 is 14.3 Å². The number of allylic oxidation sites excluding steroid dienone is 1. The molecule has 0 atom stereocenters. The maximum Gasteiger partial charge on any atom is 0.185 e. The summed E-state index contributed by atoms with van der Waals surface area (Å²) in [6.07, 6.45) is 3.42. The standard InChI is InChI=1S/C25H23NO3/c1-18-3-9-22(10-4-18)26-16-21-15-20(8-14-25(21)29-17-26)24(27)13-7-19-5-11-23(28-2)12-6-19/h3-15H,16-17H2,1-2H3/b13-7+. The van der Waals surface area contributed by atoms with E-state index in [9.17, 15) is 4.79 Å². The molecule has 0 aliphatic carbocycles. The van der Waals surface area contributed by atoms with E-state index >= 15 is 0 Å². The number of fused-ring (bicyclic) bond motifs is 1. The zero-order valence-corrected chi connectivity index (χ0v) is 16.6. The highest BCUT2D eigenvalue weighted by molar-refractivity contribution is 6.07.